The molecule has 1 rings (SSSR count). The second-order valence-corrected chi connectivity index (χ2v) is 3.59. The number of methoxy groups -OCH3 is 1. The normalized spacial score (nSPS) is 10.0. The lowest BCUT2D eigenvalue weighted by molar-refractivity contribution is 0.100. The fourth-order valence-corrected chi connectivity index (χ4v) is 1.79. The molecule has 0 aliphatic rings. The van der Waals surface area contributed by atoms with E-state index in [1.165, 1.54) is 13.2 Å². The molecule has 76 valence electrons. The molecule has 1 aromatic carbocycles. The van der Waals surface area contributed by atoms with Crippen LogP contribution in [0.1, 0.15) is 10.4 Å². The van der Waals surface area contributed by atoms with E-state index in [2.05, 4.69) is 0 Å². The van der Waals surface area contributed by atoms with Crippen molar-refractivity contribution in [2.24, 2.45) is 5.73 Å². The molecule has 1 amide bonds. The number of halogens is 3. The molecule has 14 heavy (non-hydrogen) atoms. The van der Waals surface area contributed by atoms with Gasteiger partial charge in [-0.05, 0) is 6.07 Å². The SMILES string of the molecule is COc1c(Cl)cc(C(N)=O)c(Cl)c1Cl. The summed E-state index contributed by atoms with van der Waals surface area (Å²) in [5.74, 6) is -0.468. The van der Waals surface area contributed by atoms with Crippen molar-refractivity contribution in [2.45, 2.75) is 0 Å². The number of rotatable bonds is 2. The molecule has 0 spiro atoms. The van der Waals surface area contributed by atoms with E-state index >= 15 is 0 Å². The molecule has 0 fully saturated rings. The van der Waals surface area contributed by atoms with Gasteiger partial charge in [0.25, 0.3) is 0 Å². The standard InChI is InChI=1S/C8H6Cl3NO2/c1-14-7-4(9)2-3(8(12)13)5(10)6(7)11/h2H,1H3,(H2,12,13). The predicted octanol–water partition coefficient (Wildman–Crippen LogP) is 2.75. The van der Waals surface area contributed by atoms with Crippen LogP contribution in [0.15, 0.2) is 6.07 Å². The Morgan fingerprint density at radius 3 is 2.36 bits per heavy atom. The number of hydrogen-bond donors (Lipinski definition) is 1. The van der Waals surface area contributed by atoms with Crippen molar-refractivity contribution >= 4 is 40.7 Å². The van der Waals surface area contributed by atoms with Crippen LogP contribution in [0.4, 0.5) is 0 Å². The third-order valence-electron chi connectivity index (χ3n) is 1.59. The highest BCUT2D eigenvalue weighted by atomic mass is 35.5. The van der Waals surface area contributed by atoms with Crippen LogP contribution in [-0.4, -0.2) is 13.0 Å². The van der Waals surface area contributed by atoms with Gasteiger partial charge in [-0.2, -0.15) is 0 Å². The summed E-state index contributed by atoms with van der Waals surface area (Å²) < 4.78 is 4.89. The fraction of sp³-hybridized carbons (Fsp3) is 0.125. The van der Waals surface area contributed by atoms with Crippen LogP contribution in [0.3, 0.4) is 0 Å². The van der Waals surface area contributed by atoms with E-state index in [0.29, 0.717) is 0 Å². The summed E-state index contributed by atoms with van der Waals surface area (Å²) >= 11 is 17.3. The number of carbonyl (C=O) groups excluding carboxylic acids is 1. The van der Waals surface area contributed by atoms with Crippen LogP contribution in [0, 0.1) is 0 Å². The van der Waals surface area contributed by atoms with Crippen molar-refractivity contribution < 1.29 is 9.53 Å². The Morgan fingerprint density at radius 1 is 1.36 bits per heavy atom. The first-order valence-electron chi connectivity index (χ1n) is 3.50. The second kappa shape index (κ2) is 4.26. The van der Waals surface area contributed by atoms with Crippen LogP contribution in [0.25, 0.3) is 0 Å². The van der Waals surface area contributed by atoms with Gasteiger partial charge >= 0.3 is 0 Å². The average molecular weight is 254 g/mol. The molecule has 0 unspecified atom stereocenters. The van der Waals surface area contributed by atoms with Gasteiger partial charge in [0.15, 0.2) is 5.75 Å². The Kier molecular flexibility index (Phi) is 3.48. The first-order chi connectivity index (χ1) is 6.49. The zero-order valence-corrected chi connectivity index (χ0v) is 9.37. The quantitative estimate of drug-likeness (QED) is 0.825. The molecule has 0 radical (unpaired) electrons. The number of amides is 1. The van der Waals surface area contributed by atoms with Crippen LogP contribution in [0.5, 0.6) is 5.75 Å². The summed E-state index contributed by atoms with van der Waals surface area (Å²) in [5.41, 5.74) is 5.13. The second-order valence-electron chi connectivity index (χ2n) is 2.43. The lowest BCUT2D eigenvalue weighted by atomic mass is 10.2. The van der Waals surface area contributed by atoms with Crippen molar-refractivity contribution in [3.05, 3.63) is 26.7 Å². The molecule has 0 bridgehead atoms. The van der Waals surface area contributed by atoms with Gasteiger partial charge in [-0.3, -0.25) is 4.79 Å². The number of hydrogen-bond acceptors (Lipinski definition) is 2. The molecular weight excluding hydrogens is 248 g/mol. The topological polar surface area (TPSA) is 52.3 Å². The number of carbonyl (C=O) groups is 1. The smallest absolute Gasteiger partial charge is 0.250 e. The van der Waals surface area contributed by atoms with Crippen molar-refractivity contribution in [3.8, 4) is 5.75 Å². The van der Waals surface area contributed by atoms with Crippen molar-refractivity contribution in [1.82, 2.24) is 0 Å². The number of benzene rings is 1. The first-order valence-corrected chi connectivity index (χ1v) is 4.63. The van der Waals surface area contributed by atoms with E-state index in [9.17, 15) is 4.79 Å². The maximum absolute atomic E-state index is 10.9. The zero-order chi connectivity index (χ0) is 10.9. The Hall–Kier alpha value is -0.640. The Bertz CT molecular complexity index is 393. The van der Waals surface area contributed by atoms with Crippen molar-refractivity contribution in [2.75, 3.05) is 7.11 Å². The molecule has 3 nitrogen and oxygen atoms in total. The van der Waals surface area contributed by atoms with Gasteiger partial charge in [0.05, 0.1) is 22.7 Å². The summed E-state index contributed by atoms with van der Waals surface area (Å²) in [7, 11) is 1.40. The van der Waals surface area contributed by atoms with E-state index in [1.54, 1.807) is 0 Å². The molecule has 0 aliphatic heterocycles. The van der Waals surface area contributed by atoms with Gasteiger partial charge in [-0.25, -0.2) is 0 Å². The van der Waals surface area contributed by atoms with E-state index in [1.807, 2.05) is 0 Å². The van der Waals surface area contributed by atoms with Gasteiger partial charge < -0.3 is 10.5 Å². The van der Waals surface area contributed by atoms with Crippen LogP contribution >= 0.6 is 34.8 Å². The minimum Gasteiger partial charge on any atom is -0.494 e. The van der Waals surface area contributed by atoms with Crippen LogP contribution < -0.4 is 10.5 Å². The van der Waals surface area contributed by atoms with Gasteiger partial charge in [0.2, 0.25) is 5.91 Å². The molecule has 0 aromatic heterocycles. The summed E-state index contributed by atoms with van der Waals surface area (Å²) in [6.45, 7) is 0. The molecule has 0 aliphatic carbocycles. The van der Waals surface area contributed by atoms with Crippen molar-refractivity contribution in [1.29, 1.82) is 0 Å². The van der Waals surface area contributed by atoms with Crippen LogP contribution in [0.2, 0.25) is 15.1 Å². The average Bonchev–Trinajstić information content (AvgIpc) is 2.12. The van der Waals surface area contributed by atoms with Crippen molar-refractivity contribution in [3.63, 3.8) is 0 Å². The lowest BCUT2D eigenvalue weighted by Gasteiger charge is -2.09. The lowest BCUT2D eigenvalue weighted by Crippen LogP contribution is -2.12. The number of primary amides is 1. The Morgan fingerprint density at radius 2 is 1.93 bits per heavy atom. The third kappa shape index (κ3) is 1.90. The molecule has 0 saturated carbocycles. The first kappa shape index (κ1) is 11.4. The summed E-state index contributed by atoms with van der Waals surface area (Å²) in [6, 6.07) is 1.32. The molecule has 1 aromatic rings. The summed E-state index contributed by atoms with van der Waals surface area (Å²) in [5, 5.41) is 0.312. The summed E-state index contributed by atoms with van der Waals surface area (Å²) in [4.78, 5) is 10.9. The highest BCUT2D eigenvalue weighted by molar-refractivity contribution is 6.46. The van der Waals surface area contributed by atoms with E-state index in [4.69, 9.17) is 45.3 Å². The van der Waals surface area contributed by atoms with E-state index < -0.39 is 5.91 Å². The van der Waals surface area contributed by atoms with Gasteiger partial charge in [0, 0.05) is 0 Å². The molecule has 2 N–H and O–H groups in total. The summed E-state index contributed by atoms with van der Waals surface area (Å²) in [6.07, 6.45) is 0. The zero-order valence-electron chi connectivity index (χ0n) is 7.11. The molecule has 0 atom stereocenters. The number of ether oxygens (including phenoxy) is 1. The maximum atomic E-state index is 10.9. The molecule has 0 saturated heterocycles. The largest absolute Gasteiger partial charge is 0.494 e. The molecule has 6 heteroatoms. The fourth-order valence-electron chi connectivity index (χ4n) is 0.945. The highest BCUT2D eigenvalue weighted by Gasteiger charge is 2.17. The maximum Gasteiger partial charge on any atom is 0.250 e. The Labute approximate surface area is 95.7 Å². The van der Waals surface area contributed by atoms with E-state index in [0.717, 1.165) is 0 Å². The third-order valence-corrected chi connectivity index (χ3v) is 2.72. The Balaban J connectivity index is 3.47. The van der Waals surface area contributed by atoms with Gasteiger partial charge in [-0.15, -0.1) is 0 Å². The van der Waals surface area contributed by atoms with E-state index in [-0.39, 0.29) is 26.4 Å². The predicted molar refractivity (Wildman–Crippen MR) is 56.5 cm³/mol. The van der Waals surface area contributed by atoms with Crippen LogP contribution in [-0.2, 0) is 0 Å². The van der Waals surface area contributed by atoms with Gasteiger partial charge in [0.1, 0.15) is 5.02 Å². The monoisotopic (exact) mass is 253 g/mol. The number of nitrogens with two attached hydrogens (primary N) is 1. The molecular formula is C8H6Cl3NO2. The minimum absolute atomic E-state index is 0.0421. The van der Waals surface area contributed by atoms with Gasteiger partial charge in [-0.1, -0.05) is 34.8 Å². The minimum atomic E-state index is -0.693. The molecule has 0 heterocycles. The highest BCUT2D eigenvalue weighted by Crippen LogP contribution is 2.40.